The number of alkyl carbamates (subject to hydrolysis) is 1. The Kier molecular flexibility index (Phi) is 6.69. The Morgan fingerprint density at radius 3 is 2.55 bits per heavy atom. The van der Waals surface area contributed by atoms with Crippen molar-refractivity contribution in [3.05, 3.63) is 34.3 Å². The standard InChI is InChI=1S/C17H27ClN2O2/c1-6-15(20-16(21)22-17(3,4)5)14(19)10-12-7-8-13(18)11(2)9-12/h7-9,14-15H,6,10,19H2,1-5H3,(H,20,21)/t14?,15-/m0/s1. The van der Waals surface area contributed by atoms with Gasteiger partial charge in [0.15, 0.2) is 0 Å². The maximum Gasteiger partial charge on any atom is 0.407 e. The summed E-state index contributed by atoms with van der Waals surface area (Å²) in [7, 11) is 0. The number of nitrogens with one attached hydrogen (secondary N) is 1. The first-order valence-corrected chi connectivity index (χ1v) is 8.00. The van der Waals surface area contributed by atoms with Crippen LogP contribution in [0.3, 0.4) is 0 Å². The van der Waals surface area contributed by atoms with Gasteiger partial charge in [-0.05, 0) is 57.7 Å². The lowest BCUT2D eigenvalue weighted by molar-refractivity contribution is 0.0495. The Hall–Kier alpha value is -1.26. The maximum atomic E-state index is 11.9. The topological polar surface area (TPSA) is 64.3 Å². The number of carbonyl (C=O) groups is 1. The van der Waals surface area contributed by atoms with Gasteiger partial charge in [-0.2, -0.15) is 0 Å². The first kappa shape index (κ1) is 18.8. The average Bonchev–Trinajstić information content (AvgIpc) is 2.38. The number of ether oxygens (including phenoxy) is 1. The van der Waals surface area contributed by atoms with Crippen molar-refractivity contribution in [1.82, 2.24) is 5.32 Å². The van der Waals surface area contributed by atoms with Crippen LogP contribution in [0.1, 0.15) is 45.2 Å². The first-order valence-electron chi connectivity index (χ1n) is 7.62. The third-order valence-corrected chi connectivity index (χ3v) is 3.78. The van der Waals surface area contributed by atoms with E-state index in [2.05, 4.69) is 5.32 Å². The molecule has 2 atom stereocenters. The molecule has 0 bridgehead atoms. The summed E-state index contributed by atoms with van der Waals surface area (Å²) < 4.78 is 5.28. The minimum Gasteiger partial charge on any atom is -0.444 e. The van der Waals surface area contributed by atoms with E-state index in [1.54, 1.807) is 0 Å². The van der Waals surface area contributed by atoms with Gasteiger partial charge in [0.25, 0.3) is 0 Å². The molecule has 1 rings (SSSR count). The van der Waals surface area contributed by atoms with Crippen LogP contribution >= 0.6 is 11.6 Å². The van der Waals surface area contributed by atoms with E-state index in [1.165, 1.54) is 0 Å². The summed E-state index contributed by atoms with van der Waals surface area (Å²) in [6, 6.07) is 5.56. The van der Waals surface area contributed by atoms with E-state index in [1.807, 2.05) is 52.8 Å². The third-order valence-electron chi connectivity index (χ3n) is 3.35. The van der Waals surface area contributed by atoms with Crippen LogP contribution in [0.25, 0.3) is 0 Å². The van der Waals surface area contributed by atoms with Crippen LogP contribution < -0.4 is 11.1 Å². The van der Waals surface area contributed by atoms with E-state index in [9.17, 15) is 4.79 Å². The molecule has 1 aromatic rings. The van der Waals surface area contributed by atoms with Gasteiger partial charge in [-0.15, -0.1) is 0 Å². The molecule has 0 spiro atoms. The van der Waals surface area contributed by atoms with Crippen molar-refractivity contribution in [2.45, 2.75) is 65.1 Å². The molecule has 1 aromatic carbocycles. The Balaban J connectivity index is 2.65. The lowest BCUT2D eigenvalue weighted by Crippen LogP contribution is -2.49. The predicted octanol–water partition coefficient (Wildman–Crippen LogP) is 3.82. The molecule has 1 unspecified atom stereocenters. The van der Waals surface area contributed by atoms with Crippen molar-refractivity contribution >= 4 is 17.7 Å². The fourth-order valence-corrected chi connectivity index (χ4v) is 2.34. The summed E-state index contributed by atoms with van der Waals surface area (Å²) in [5.74, 6) is 0. The van der Waals surface area contributed by atoms with Gasteiger partial charge in [-0.1, -0.05) is 30.7 Å². The van der Waals surface area contributed by atoms with Crippen LogP contribution in [0.15, 0.2) is 18.2 Å². The van der Waals surface area contributed by atoms with Crippen LogP contribution in [0.5, 0.6) is 0 Å². The van der Waals surface area contributed by atoms with Crippen molar-refractivity contribution in [2.75, 3.05) is 0 Å². The monoisotopic (exact) mass is 326 g/mol. The molecule has 0 saturated heterocycles. The van der Waals surface area contributed by atoms with Crippen molar-refractivity contribution in [1.29, 1.82) is 0 Å². The smallest absolute Gasteiger partial charge is 0.407 e. The lowest BCUT2D eigenvalue weighted by Gasteiger charge is -2.26. The molecule has 4 nitrogen and oxygen atoms in total. The summed E-state index contributed by atoms with van der Waals surface area (Å²) >= 11 is 6.03. The van der Waals surface area contributed by atoms with Crippen molar-refractivity contribution in [2.24, 2.45) is 5.73 Å². The van der Waals surface area contributed by atoms with E-state index in [0.717, 1.165) is 22.6 Å². The normalized spacial score (nSPS) is 14.3. The number of hydrogen-bond acceptors (Lipinski definition) is 3. The minimum atomic E-state index is -0.514. The second-order valence-electron chi connectivity index (χ2n) is 6.61. The van der Waals surface area contributed by atoms with Crippen molar-refractivity contribution in [3.63, 3.8) is 0 Å². The second-order valence-corrected chi connectivity index (χ2v) is 7.02. The zero-order chi connectivity index (χ0) is 16.9. The summed E-state index contributed by atoms with van der Waals surface area (Å²) in [4.78, 5) is 11.9. The molecular formula is C17H27ClN2O2. The third kappa shape index (κ3) is 6.24. The first-order chi connectivity index (χ1) is 10.1. The highest BCUT2D eigenvalue weighted by Crippen LogP contribution is 2.18. The molecule has 0 heterocycles. The van der Waals surface area contributed by atoms with Crippen LogP contribution in [-0.4, -0.2) is 23.8 Å². The average molecular weight is 327 g/mol. The van der Waals surface area contributed by atoms with Crippen molar-refractivity contribution < 1.29 is 9.53 Å². The maximum absolute atomic E-state index is 11.9. The highest BCUT2D eigenvalue weighted by atomic mass is 35.5. The Morgan fingerprint density at radius 2 is 2.05 bits per heavy atom. The number of rotatable bonds is 5. The van der Waals surface area contributed by atoms with Gasteiger partial charge in [-0.3, -0.25) is 0 Å². The van der Waals surface area contributed by atoms with Crippen LogP contribution in [0.2, 0.25) is 5.02 Å². The summed E-state index contributed by atoms with van der Waals surface area (Å²) in [6.07, 6.45) is 0.987. The van der Waals surface area contributed by atoms with Crippen LogP contribution in [0, 0.1) is 6.92 Å². The van der Waals surface area contributed by atoms with E-state index in [0.29, 0.717) is 6.42 Å². The molecule has 1 amide bonds. The summed E-state index contributed by atoms with van der Waals surface area (Å²) in [5, 5.41) is 3.60. The Bertz CT molecular complexity index is 512. The van der Waals surface area contributed by atoms with Gasteiger partial charge >= 0.3 is 6.09 Å². The van der Waals surface area contributed by atoms with Crippen LogP contribution in [-0.2, 0) is 11.2 Å². The van der Waals surface area contributed by atoms with Crippen LogP contribution in [0.4, 0.5) is 4.79 Å². The molecule has 0 aromatic heterocycles. The number of amides is 1. The Morgan fingerprint density at radius 1 is 1.41 bits per heavy atom. The van der Waals surface area contributed by atoms with Gasteiger partial charge in [0.05, 0.1) is 0 Å². The molecule has 0 aliphatic heterocycles. The number of carbonyl (C=O) groups excluding carboxylic acids is 1. The lowest BCUT2D eigenvalue weighted by atomic mass is 9.97. The molecule has 0 aliphatic rings. The molecular weight excluding hydrogens is 300 g/mol. The molecule has 0 aliphatic carbocycles. The van der Waals surface area contributed by atoms with E-state index < -0.39 is 11.7 Å². The molecule has 124 valence electrons. The fraction of sp³-hybridized carbons (Fsp3) is 0.588. The Labute approximate surface area is 138 Å². The molecule has 3 N–H and O–H groups in total. The molecule has 5 heteroatoms. The number of hydrogen-bond donors (Lipinski definition) is 2. The van der Waals surface area contributed by atoms with Crippen molar-refractivity contribution in [3.8, 4) is 0 Å². The fourth-order valence-electron chi connectivity index (χ4n) is 2.22. The molecule has 22 heavy (non-hydrogen) atoms. The largest absolute Gasteiger partial charge is 0.444 e. The molecule has 0 saturated carbocycles. The zero-order valence-corrected chi connectivity index (χ0v) is 14.8. The van der Waals surface area contributed by atoms with E-state index in [4.69, 9.17) is 22.1 Å². The van der Waals surface area contributed by atoms with Gasteiger partial charge in [0, 0.05) is 17.1 Å². The SMILES string of the molecule is CC[C@H](NC(=O)OC(C)(C)C)C(N)Cc1ccc(Cl)c(C)c1. The number of aryl methyl sites for hydroxylation is 1. The van der Waals surface area contributed by atoms with Gasteiger partial charge in [0.2, 0.25) is 0 Å². The summed E-state index contributed by atoms with van der Waals surface area (Å²) in [5.41, 5.74) is 7.88. The highest BCUT2D eigenvalue weighted by Gasteiger charge is 2.22. The van der Waals surface area contributed by atoms with E-state index in [-0.39, 0.29) is 12.1 Å². The van der Waals surface area contributed by atoms with Gasteiger partial charge in [-0.25, -0.2) is 4.79 Å². The number of nitrogens with two attached hydrogens (primary N) is 1. The van der Waals surface area contributed by atoms with Gasteiger partial charge < -0.3 is 15.8 Å². The quantitative estimate of drug-likeness (QED) is 0.864. The number of benzene rings is 1. The zero-order valence-electron chi connectivity index (χ0n) is 14.1. The molecule has 0 radical (unpaired) electrons. The van der Waals surface area contributed by atoms with Gasteiger partial charge in [0.1, 0.15) is 5.60 Å². The minimum absolute atomic E-state index is 0.133. The predicted molar refractivity (Wildman–Crippen MR) is 91.3 cm³/mol. The molecule has 0 fully saturated rings. The van der Waals surface area contributed by atoms with E-state index >= 15 is 0 Å². The highest BCUT2D eigenvalue weighted by molar-refractivity contribution is 6.31. The number of halogens is 1. The second kappa shape index (κ2) is 7.84. The summed E-state index contributed by atoms with van der Waals surface area (Å²) in [6.45, 7) is 9.47.